The maximum Gasteiger partial charge on any atom is 0.253 e. The predicted octanol–water partition coefficient (Wildman–Crippen LogP) is 1.18. The zero-order valence-corrected chi connectivity index (χ0v) is 10.4. The number of amides is 1. The van der Waals surface area contributed by atoms with E-state index in [2.05, 4.69) is 20.6 Å². The zero-order valence-electron chi connectivity index (χ0n) is 10.4. The molecule has 1 aliphatic rings. The summed E-state index contributed by atoms with van der Waals surface area (Å²) >= 11 is 0. The van der Waals surface area contributed by atoms with E-state index in [9.17, 15) is 9.18 Å². The number of nitrogens with zero attached hydrogens (tertiary/aromatic N) is 1. The number of halogens is 1. The van der Waals surface area contributed by atoms with Crippen molar-refractivity contribution in [2.45, 2.75) is 18.9 Å². The minimum absolute atomic E-state index is 0.0958. The van der Waals surface area contributed by atoms with E-state index in [4.69, 9.17) is 0 Å². The Bertz CT molecular complexity index is 604. The van der Waals surface area contributed by atoms with Crippen molar-refractivity contribution >= 4 is 16.9 Å². The van der Waals surface area contributed by atoms with Crippen molar-refractivity contribution in [1.29, 1.82) is 0 Å². The largest absolute Gasteiger partial charge is 0.348 e. The van der Waals surface area contributed by atoms with Gasteiger partial charge in [0.15, 0.2) is 0 Å². The fraction of sp³-hybridized carbons (Fsp3) is 0.385. The molecule has 1 fully saturated rings. The van der Waals surface area contributed by atoms with Crippen LogP contribution in [0.5, 0.6) is 0 Å². The lowest BCUT2D eigenvalue weighted by molar-refractivity contribution is 0.0932. The maximum absolute atomic E-state index is 13.5. The Hall–Kier alpha value is -1.95. The molecule has 1 saturated heterocycles. The molecule has 6 heteroatoms. The van der Waals surface area contributed by atoms with Gasteiger partial charge in [0.2, 0.25) is 0 Å². The summed E-state index contributed by atoms with van der Waals surface area (Å²) in [6.45, 7) is 1.74. The molecule has 0 aliphatic carbocycles. The number of piperidine rings is 1. The standard InChI is InChI=1S/C13H15FN4O/c14-8-4-10(12-11(5-8)16-7-17-12)13(19)18-9-2-1-3-15-6-9/h4-5,7,9,15H,1-3,6H2,(H,16,17)(H,18,19)/t9-/m0/s1. The van der Waals surface area contributed by atoms with Crippen molar-refractivity contribution < 1.29 is 9.18 Å². The molecule has 3 N–H and O–H groups in total. The predicted molar refractivity (Wildman–Crippen MR) is 69.4 cm³/mol. The van der Waals surface area contributed by atoms with E-state index in [1.807, 2.05) is 0 Å². The molecule has 1 aromatic heterocycles. The van der Waals surface area contributed by atoms with Gasteiger partial charge in [-0.2, -0.15) is 0 Å². The number of benzene rings is 1. The molecule has 5 nitrogen and oxygen atoms in total. The number of hydrogen-bond acceptors (Lipinski definition) is 3. The third-order valence-electron chi connectivity index (χ3n) is 3.37. The second-order valence-electron chi connectivity index (χ2n) is 4.77. The maximum atomic E-state index is 13.5. The van der Waals surface area contributed by atoms with Gasteiger partial charge in [-0.15, -0.1) is 0 Å². The van der Waals surface area contributed by atoms with Gasteiger partial charge in [0.05, 0.1) is 17.4 Å². The summed E-state index contributed by atoms with van der Waals surface area (Å²) in [6, 6.07) is 2.66. The smallest absolute Gasteiger partial charge is 0.253 e. The molecule has 1 aliphatic heterocycles. The molecule has 100 valence electrons. The fourth-order valence-corrected chi connectivity index (χ4v) is 2.43. The van der Waals surface area contributed by atoms with Crippen LogP contribution >= 0.6 is 0 Å². The van der Waals surface area contributed by atoms with E-state index < -0.39 is 5.82 Å². The SMILES string of the molecule is O=C(N[C@H]1CCCNC1)c1cc(F)cc2[nH]cnc12. The normalized spacial score (nSPS) is 19.5. The van der Waals surface area contributed by atoms with Gasteiger partial charge in [-0.3, -0.25) is 4.79 Å². The Balaban J connectivity index is 1.86. The van der Waals surface area contributed by atoms with Crippen molar-refractivity contribution in [3.05, 3.63) is 29.8 Å². The first-order chi connectivity index (χ1) is 9.24. The monoisotopic (exact) mass is 262 g/mol. The van der Waals surface area contributed by atoms with Crippen LogP contribution in [-0.4, -0.2) is 35.0 Å². The highest BCUT2D eigenvalue weighted by Crippen LogP contribution is 2.17. The van der Waals surface area contributed by atoms with E-state index in [1.54, 1.807) is 0 Å². The molecule has 3 rings (SSSR count). The van der Waals surface area contributed by atoms with Gasteiger partial charge in [0, 0.05) is 12.6 Å². The summed E-state index contributed by atoms with van der Waals surface area (Å²) in [5.41, 5.74) is 1.32. The molecule has 0 saturated carbocycles. The average molecular weight is 262 g/mol. The molecule has 1 aromatic carbocycles. The first-order valence-corrected chi connectivity index (χ1v) is 6.38. The number of carbonyl (C=O) groups excluding carboxylic acids is 1. The molecule has 19 heavy (non-hydrogen) atoms. The van der Waals surface area contributed by atoms with E-state index in [0.717, 1.165) is 25.9 Å². The highest BCUT2D eigenvalue weighted by atomic mass is 19.1. The van der Waals surface area contributed by atoms with Crippen molar-refractivity contribution in [3.63, 3.8) is 0 Å². The van der Waals surface area contributed by atoms with Crippen LogP contribution in [0.2, 0.25) is 0 Å². The summed E-state index contributed by atoms with van der Waals surface area (Å²) in [5, 5.41) is 6.15. The van der Waals surface area contributed by atoms with Crippen molar-refractivity contribution in [2.75, 3.05) is 13.1 Å². The molecule has 2 heterocycles. The number of rotatable bonds is 2. The van der Waals surface area contributed by atoms with Crippen LogP contribution in [0.3, 0.4) is 0 Å². The summed E-state index contributed by atoms with van der Waals surface area (Å²) in [7, 11) is 0. The molecule has 0 radical (unpaired) electrons. The Morgan fingerprint density at radius 2 is 2.37 bits per heavy atom. The van der Waals surface area contributed by atoms with Crippen LogP contribution in [0.25, 0.3) is 11.0 Å². The molecule has 0 bridgehead atoms. The van der Waals surface area contributed by atoms with Gasteiger partial charge in [0.25, 0.3) is 5.91 Å². The molecular formula is C13H15FN4O. The highest BCUT2D eigenvalue weighted by Gasteiger charge is 2.19. The van der Waals surface area contributed by atoms with Crippen molar-refractivity contribution in [3.8, 4) is 0 Å². The van der Waals surface area contributed by atoms with Gasteiger partial charge in [-0.25, -0.2) is 9.37 Å². The number of imidazole rings is 1. The number of H-pyrrole nitrogens is 1. The lowest BCUT2D eigenvalue weighted by atomic mass is 10.1. The van der Waals surface area contributed by atoms with Crippen LogP contribution in [0.15, 0.2) is 18.5 Å². The third-order valence-corrected chi connectivity index (χ3v) is 3.37. The quantitative estimate of drug-likeness (QED) is 0.761. The lowest BCUT2D eigenvalue weighted by Crippen LogP contribution is -2.45. The van der Waals surface area contributed by atoms with Crippen molar-refractivity contribution in [1.82, 2.24) is 20.6 Å². The Labute approximate surface area is 109 Å². The number of carbonyl (C=O) groups is 1. The lowest BCUT2D eigenvalue weighted by Gasteiger charge is -2.23. The fourth-order valence-electron chi connectivity index (χ4n) is 2.43. The number of hydrogen-bond donors (Lipinski definition) is 3. The van der Waals surface area contributed by atoms with Crippen molar-refractivity contribution in [2.24, 2.45) is 0 Å². The topological polar surface area (TPSA) is 69.8 Å². The van der Waals surface area contributed by atoms with E-state index in [0.29, 0.717) is 11.0 Å². The third kappa shape index (κ3) is 2.44. The van der Waals surface area contributed by atoms with E-state index in [1.165, 1.54) is 18.5 Å². The molecule has 1 atom stereocenters. The van der Waals surface area contributed by atoms with Gasteiger partial charge >= 0.3 is 0 Å². The van der Waals surface area contributed by atoms with E-state index >= 15 is 0 Å². The van der Waals surface area contributed by atoms with Crippen LogP contribution < -0.4 is 10.6 Å². The van der Waals surface area contributed by atoms with Crippen LogP contribution in [-0.2, 0) is 0 Å². The minimum Gasteiger partial charge on any atom is -0.348 e. The summed E-state index contributed by atoms with van der Waals surface area (Å²) in [4.78, 5) is 19.1. The number of nitrogens with one attached hydrogen (secondary N) is 3. The van der Waals surface area contributed by atoms with Gasteiger partial charge in [-0.1, -0.05) is 0 Å². The minimum atomic E-state index is -0.441. The molecular weight excluding hydrogens is 247 g/mol. The Morgan fingerprint density at radius 1 is 1.47 bits per heavy atom. The molecule has 1 amide bonds. The number of aromatic nitrogens is 2. The average Bonchev–Trinajstić information content (AvgIpc) is 2.86. The summed E-state index contributed by atoms with van der Waals surface area (Å²) in [5.74, 6) is -0.714. The molecule has 0 spiro atoms. The van der Waals surface area contributed by atoms with Crippen LogP contribution in [0.4, 0.5) is 4.39 Å². The summed E-state index contributed by atoms with van der Waals surface area (Å²) < 4.78 is 13.5. The van der Waals surface area contributed by atoms with Crippen LogP contribution in [0, 0.1) is 5.82 Å². The number of fused-ring (bicyclic) bond motifs is 1. The van der Waals surface area contributed by atoms with Gasteiger partial charge in [-0.05, 0) is 31.5 Å². The summed E-state index contributed by atoms with van der Waals surface area (Å²) in [6.07, 6.45) is 3.44. The second kappa shape index (κ2) is 4.97. The van der Waals surface area contributed by atoms with Crippen LogP contribution in [0.1, 0.15) is 23.2 Å². The Morgan fingerprint density at radius 3 is 3.16 bits per heavy atom. The first-order valence-electron chi connectivity index (χ1n) is 6.38. The second-order valence-corrected chi connectivity index (χ2v) is 4.77. The zero-order chi connectivity index (χ0) is 13.2. The first kappa shape index (κ1) is 12.1. The highest BCUT2D eigenvalue weighted by molar-refractivity contribution is 6.04. The molecule has 0 unspecified atom stereocenters. The van der Waals surface area contributed by atoms with Gasteiger partial charge in [0.1, 0.15) is 11.3 Å². The van der Waals surface area contributed by atoms with E-state index in [-0.39, 0.29) is 17.5 Å². The number of aromatic amines is 1. The Kier molecular flexibility index (Phi) is 3.16. The molecule has 2 aromatic rings. The van der Waals surface area contributed by atoms with Gasteiger partial charge < -0.3 is 15.6 Å².